The molecule has 0 bridgehead atoms. The predicted molar refractivity (Wildman–Crippen MR) is 110 cm³/mol. The Kier molecular flexibility index (Phi) is 8.62. The minimum absolute atomic E-state index is 0.182. The molecular weight excluding hydrogens is 342 g/mol. The minimum atomic E-state index is -3.40. The lowest BCUT2D eigenvalue weighted by Gasteiger charge is -2.30. The lowest BCUT2D eigenvalue weighted by atomic mass is 10.0. The maximum absolute atomic E-state index is 13.4. The van der Waals surface area contributed by atoms with Gasteiger partial charge in [0, 0.05) is 12.1 Å². The van der Waals surface area contributed by atoms with Crippen LogP contribution in [0.5, 0.6) is 0 Å². The number of unbranched alkanes of at least 4 members (excludes halogenated alkanes) is 5. The van der Waals surface area contributed by atoms with Gasteiger partial charge in [-0.3, -0.25) is 0 Å². The second-order valence-corrected chi connectivity index (χ2v) is 9.72. The highest BCUT2D eigenvalue weighted by atomic mass is 32.2. The molecule has 1 saturated heterocycles. The normalized spacial score (nSPS) is 21.3. The number of hydrogen-bond donors (Lipinski definition) is 0. The van der Waals surface area contributed by atoms with E-state index < -0.39 is 10.0 Å². The summed E-state index contributed by atoms with van der Waals surface area (Å²) >= 11 is 0. The molecule has 0 saturated carbocycles. The largest absolute Gasteiger partial charge is 0.243 e. The van der Waals surface area contributed by atoms with E-state index in [4.69, 9.17) is 0 Å². The fourth-order valence-corrected chi connectivity index (χ4v) is 6.06. The van der Waals surface area contributed by atoms with E-state index in [1.54, 1.807) is 12.1 Å². The molecule has 0 aromatic heterocycles. The maximum Gasteiger partial charge on any atom is 0.243 e. The molecule has 1 aliphatic rings. The molecule has 0 radical (unpaired) electrons. The molecule has 4 heteroatoms. The summed E-state index contributed by atoms with van der Waals surface area (Å²) in [5.41, 5.74) is 1.10. The van der Waals surface area contributed by atoms with E-state index in [1.165, 1.54) is 25.7 Å². The summed E-state index contributed by atoms with van der Waals surface area (Å²) in [6.07, 6.45) is 12.4. The van der Waals surface area contributed by atoms with Gasteiger partial charge in [-0.05, 0) is 44.7 Å². The topological polar surface area (TPSA) is 37.4 Å². The first-order valence-corrected chi connectivity index (χ1v) is 12.0. The van der Waals surface area contributed by atoms with Gasteiger partial charge in [-0.2, -0.15) is 4.31 Å². The average molecular weight is 380 g/mol. The molecule has 1 fully saturated rings. The van der Waals surface area contributed by atoms with Crippen LogP contribution in [0.15, 0.2) is 29.2 Å². The van der Waals surface area contributed by atoms with Crippen molar-refractivity contribution in [2.24, 2.45) is 0 Å². The maximum atomic E-state index is 13.4. The van der Waals surface area contributed by atoms with Gasteiger partial charge in [-0.1, -0.05) is 76.5 Å². The highest BCUT2D eigenvalue weighted by Gasteiger charge is 2.41. The van der Waals surface area contributed by atoms with Crippen molar-refractivity contribution in [3.8, 4) is 0 Å². The number of sulfonamides is 1. The molecule has 2 rings (SSSR count). The van der Waals surface area contributed by atoms with Gasteiger partial charge in [0.15, 0.2) is 0 Å². The smallest absolute Gasteiger partial charge is 0.207 e. The van der Waals surface area contributed by atoms with Crippen LogP contribution in [-0.4, -0.2) is 24.8 Å². The van der Waals surface area contributed by atoms with Crippen LogP contribution in [0.3, 0.4) is 0 Å². The lowest BCUT2D eigenvalue weighted by molar-refractivity contribution is 0.290. The van der Waals surface area contributed by atoms with Crippen LogP contribution >= 0.6 is 0 Å². The van der Waals surface area contributed by atoms with Crippen LogP contribution in [0.1, 0.15) is 90.0 Å². The number of nitrogens with zero attached hydrogens (tertiary/aromatic N) is 1. The Hall–Kier alpha value is -0.870. The first-order chi connectivity index (χ1) is 12.5. The highest BCUT2D eigenvalue weighted by molar-refractivity contribution is 7.89. The molecular formula is C22H37NO2S. The lowest BCUT2D eigenvalue weighted by Crippen LogP contribution is -2.41. The third kappa shape index (κ3) is 5.56. The molecule has 26 heavy (non-hydrogen) atoms. The van der Waals surface area contributed by atoms with Crippen LogP contribution in [0, 0.1) is 6.92 Å². The van der Waals surface area contributed by atoms with Gasteiger partial charge in [-0.15, -0.1) is 0 Å². The predicted octanol–water partition coefficient (Wildman–Crippen LogP) is 6.07. The van der Waals surface area contributed by atoms with Crippen molar-refractivity contribution in [3.05, 3.63) is 29.8 Å². The summed E-state index contributed by atoms with van der Waals surface area (Å²) in [7, 11) is -3.40. The quantitative estimate of drug-likeness (QED) is 0.438. The molecule has 1 aliphatic heterocycles. The Morgan fingerprint density at radius 1 is 0.846 bits per heavy atom. The third-order valence-electron chi connectivity index (χ3n) is 5.68. The van der Waals surface area contributed by atoms with Crippen molar-refractivity contribution in [2.75, 3.05) is 0 Å². The molecule has 0 spiro atoms. The Morgan fingerprint density at radius 3 is 1.96 bits per heavy atom. The average Bonchev–Trinajstić information content (AvgIpc) is 3.04. The summed E-state index contributed by atoms with van der Waals surface area (Å²) in [4.78, 5) is 0.461. The fraction of sp³-hybridized carbons (Fsp3) is 0.727. The third-order valence-corrected chi connectivity index (χ3v) is 7.70. The zero-order valence-electron chi connectivity index (χ0n) is 16.9. The van der Waals surface area contributed by atoms with Crippen molar-refractivity contribution in [1.29, 1.82) is 0 Å². The van der Waals surface area contributed by atoms with Crippen molar-refractivity contribution in [3.63, 3.8) is 0 Å². The first kappa shape index (κ1) is 21.4. The molecule has 1 heterocycles. The van der Waals surface area contributed by atoms with E-state index in [9.17, 15) is 8.42 Å². The molecule has 0 aliphatic carbocycles. The second-order valence-electron chi connectivity index (χ2n) is 7.88. The first-order valence-electron chi connectivity index (χ1n) is 10.6. The van der Waals surface area contributed by atoms with E-state index in [0.717, 1.165) is 50.5 Å². The summed E-state index contributed by atoms with van der Waals surface area (Å²) < 4.78 is 28.7. The molecule has 1 aromatic rings. The molecule has 2 atom stereocenters. The summed E-state index contributed by atoms with van der Waals surface area (Å²) in [6, 6.07) is 7.73. The standard InChI is InChI=1S/C22H37NO2S/c1-4-6-8-9-10-12-21-16-15-20(11-7-5-2)23(21)26(24,25)22-17-13-19(3)14-18-22/h13-14,17-18,20-21H,4-12,15-16H2,1-3H3/t20-,21+/m0/s1. The van der Waals surface area contributed by atoms with Gasteiger partial charge in [0.2, 0.25) is 10.0 Å². The van der Waals surface area contributed by atoms with Gasteiger partial charge >= 0.3 is 0 Å². The monoisotopic (exact) mass is 379 g/mol. The van der Waals surface area contributed by atoms with Crippen LogP contribution in [0.25, 0.3) is 0 Å². The van der Waals surface area contributed by atoms with Crippen molar-refractivity contribution in [1.82, 2.24) is 4.31 Å². The Labute approximate surface area is 161 Å². The molecule has 0 amide bonds. The van der Waals surface area contributed by atoms with Crippen LogP contribution in [-0.2, 0) is 10.0 Å². The van der Waals surface area contributed by atoms with Crippen molar-refractivity contribution < 1.29 is 8.42 Å². The summed E-state index contributed by atoms with van der Waals surface area (Å²) in [5.74, 6) is 0. The van der Waals surface area contributed by atoms with Crippen LogP contribution < -0.4 is 0 Å². The molecule has 3 nitrogen and oxygen atoms in total. The van der Waals surface area contributed by atoms with E-state index in [2.05, 4.69) is 13.8 Å². The minimum Gasteiger partial charge on any atom is -0.207 e. The molecule has 0 unspecified atom stereocenters. The van der Waals surface area contributed by atoms with Crippen molar-refractivity contribution >= 4 is 10.0 Å². The van der Waals surface area contributed by atoms with E-state index in [1.807, 2.05) is 23.4 Å². The SMILES string of the molecule is CCCCCCC[C@@H]1CC[C@H](CCCC)N1S(=O)(=O)c1ccc(C)cc1. The molecule has 148 valence electrons. The highest BCUT2D eigenvalue weighted by Crippen LogP contribution is 2.36. The number of hydrogen-bond acceptors (Lipinski definition) is 2. The second kappa shape index (κ2) is 10.5. The summed E-state index contributed by atoms with van der Waals surface area (Å²) in [6.45, 7) is 6.40. The number of benzene rings is 1. The molecule has 1 aromatic carbocycles. The van der Waals surface area contributed by atoms with Gasteiger partial charge < -0.3 is 0 Å². The van der Waals surface area contributed by atoms with Gasteiger partial charge in [0.05, 0.1) is 4.90 Å². The number of rotatable bonds is 11. The zero-order chi connectivity index (χ0) is 19.0. The van der Waals surface area contributed by atoms with Crippen molar-refractivity contribution in [2.45, 2.75) is 108 Å². The van der Waals surface area contributed by atoms with Gasteiger partial charge in [0.1, 0.15) is 0 Å². The zero-order valence-corrected chi connectivity index (χ0v) is 17.7. The van der Waals surface area contributed by atoms with Gasteiger partial charge in [0.25, 0.3) is 0 Å². The van der Waals surface area contributed by atoms with E-state index in [0.29, 0.717) is 4.90 Å². The Morgan fingerprint density at radius 2 is 1.38 bits per heavy atom. The number of aryl methyl sites for hydroxylation is 1. The Balaban J connectivity index is 2.13. The Bertz CT molecular complexity index is 624. The van der Waals surface area contributed by atoms with Crippen LogP contribution in [0.2, 0.25) is 0 Å². The molecule has 0 N–H and O–H groups in total. The van der Waals surface area contributed by atoms with E-state index in [-0.39, 0.29) is 12.1 Å². The summed E-state index contributed by atoms with van der Waals surface area (Å²) in [5, 5.41) is 0. The van der Waals surface area contributed by atoms with Crippen LogP contribution in [0.4, 0.5) is 0 Å². The van der Waals surface area contributed by atoms with Gasteiger partial charge in [-0.25, -0.2) is 8.42 Å². The van der Waals surface area contributed by atoms with E-state index >= 15 is 0 Å². The fourth-order valence-electron chi connectivity index (χ4n) is 4.13.